The number of aryl methyl sites for hydroxylation is 1. The molecule has 1 aromatic carbocycles. The lowest BCUT2D eigenvalue weighted by atomic mass is 9.91. The number of oxazole rings is 1. The van der Waals surface area contributed by atoms with Crippen molar-refractivity contribution in [1.29, 1.82) is 0 Å². The summed E-state index contributed by atoms with van der Waals surface area (Å²) in [7, 11) is 1.68. The average Bonchev–Trinajstić information content (AvgIpc) is 3.25. The van der Waals surface area contributed by atoms with E-state index >= 15 is 0 Å². The van der Waals surface area contributed by atoms with Crippen LogP contribution in [0.3, 0.4) is 0 Å². The van der Waals surface area contributed by atoms with E-state index in [9.17, 15) is 14.7 Å². The van der Waals surface area contributed by atoms with Gasteiger partial charge in [0.25, 0.3) is 6.01 Å². The molecule has 0 bridgehead atoms. The number of rotatable bonds is 4. The third-order valence-corrected chi connectivity index (χ3v) is 5.96. The molecule has 2 saturated heterocycles. The molecular weight excluding hydrogens is 360 g/mol. The number of nitrogens with one attached hydrogen (secondary N) is 1. The lowest BCUT2D eigenvalue weighted by molar-refractivity contribution is -0.143. The van der Waals surface area contributed by atoms with E-state index in [1.807, 2.05) is 25.1 Å². The number of nitrogens with zero attached hydrogens (tertiary/aromatic N) is 3. The fourth-order valence-corrected chi connectivity index (χ4v) is 4.03. The second-order valence-electron chi connectivity index (χ2n) is 7.90. The highest BCUT2D eigenvalue weighted by atomic mass is 16.4. The van der Waals surface area contributed by atoms with Gasteiger partial charge >= 0.3 is 0 Å². The van der Waals surface area contributed by atoms with Gasteiger partial charge < -0.3 is 24.6 Å². The van der Waals surface area contributed by atoms with Crippen molar-refractivity contribution >= 4 is 28.9 Å². The molecule has 0 aliphatic carbocycles. The van der Waals surface area contributed by atoms with E-state index in [0.717, 1.165) is 16.7 Å². The van der Waals surface area contributed by atoms with E-state index in [1.165, 1.54) is 0 Å². The summed E-state index contributed by atoms with van der Waals surface area (Å²) in [5.41, 5.74) is 1.61. The van der Waals surface area contributed by atoms with E-state index in [-0.39, 0.29) is 17.9 Å². The molecule has 4 rings (SSSR count). The van der Waals surface area contributed by atoms with Gasteiger partial charge in [0.05, 0.1) is 5.60 Å². The lowest BCUT2D eigenvalue weighted by Crippen LogP contribution is -2.53. The Kier molecular flexibility index (Phi) is 4.74. The molecule has 2 amide bonds. The van der Waals surface area contributed by atoms with E-state index in [2.05, 4.69) is 10.3 Å². The Bertz CT molecular complexity index is 901. The fraction of sp³-hybridized carbons (Fsp3) is 0.550. The quantitative estimate of drug-likeness (QED) is 0.827. The van der Waals surface area contributed by atoms with Crippen LogP contribution in [0.15, 0.2) is 22.6 Å². The number of hydrogen-bond acceptors (Lipinski definition) is 6. The minimum absolute atomic E-state index is 0.0159. The average molecular weight is 386 g/mol. The first-order chi connectivity index (χ1) is 13.4. The Morgan fingerprint density at radius 1 is 1.39 bits per heavy atom. The van der Waals surface area contributed by atoms with Crippen molar-refractivity contribution in [3.63, 3.8) is 0 Å². The van der Waals surface area contributed by atoms with E-state index in [0.29, 0.717) is 51.3 Å². The van der Waals surface area contributed by atoms with Gasteiger partial charge in [-0.2, -0.15) is 4.98 Å². The van der Waals surface area contributed by atoms with Gasteiger partial charge in [0.1, 0.15) is 11.6 Å². The van der Waals surface area contributed by atoms with Crippen molar-refractivity contribution in [2.24, 2.45) is 0 Å². The number of para-hydroxylation sites is 1. The van der Waals surface area contributed by atoms with Gasteiger partial charge in [-0.3, -0.25) is 9.59 Å². The number of likely N-dealkylation sites (N-methyl/N-ethyl adjacent to an activating group) is 1. The van der Waals surface area contributed by atoms with Crippen LogP contribution in [-0.4, -0.2) is 70.0 Å². The van der Waals surface area contributed by atoms with Crippen molar-refractivity contribution in [1.82, 2.24) is 14.8 Å². The molecule has 28 heavy (non-hydrogen) atoms. The number of anilines is 1. The molecule has 0 saturated carbocycles. The highest BCUT2D eigenvalue weighted by molar-refractivity contribution is 5.90. The summed E-state index contributed by atoms with van der Waals surface area (Å²) in [5.74, 6) is 0.00224. The molecule has 2 N–H and O–H groups in total. The summed E-state index contributed by atoms with van der Waals surface area (Å²) >= 11 is 0. The predicted molar refractivity (Wildman–Crippen MR) is 104 cm³/mol. The van der Waals surface area contributed by atoms with Crippen LogP contribution < -0.4 is 5.32 Å². The summed E-state index contributed by atoms with van der Waals surface area (Å²) in [6.45, 7) is 3.22. The molecule has 2 fully saturated rings. The molecule has 0 unspecified atom stereocenters. The summed E-state index contributed by atoms with van der Waals surface area (Å²) in [6.07, 6.45) is 1.94. The Morgan fingerprint density at radius 3 is 2.79 bits per heavy atom. The first-order valence-corrected chi connectivity index (χ1v) is 9.73. The summed E-state index contributed by atoms with van der Waals surface area (Å²) in [5, 5.41) is 14.0. The second kappa shape index (κ2) is 7.09. The largest absolute Gasteiger partial charge is 0.423 e. The van der Waals surface area contributed by atoms with Gasteiger partial charge in [-0.05, 0) is 37.8 Å². The Morgan fingerprint density at radius 2 is 2.14 bits per heavy atom. The maximum Gasteiger partial charge on any atom is 0.295 e. The van der Waals surface area contributed by atoms with Crippen molar-refractivity contribution in [2.45, 2.75) is 44.2 Å². The van der Waals surface area contributed by atoms with Crippen LogP contribution in [0.5, 0.6) is 0 Å². The van der Waals surface area contributed by atoms with Crippen molar-refractivity contribution in [3.8, 4) is 0 Å². The molecule has 2 aliphatic rings. The van der Waals surface area contributed by atoms with Crippen molar-refractivity contribution in [3.05, 3.63) is 23.8 Å². The Labute approximate surface area is 163 Å². The number of likely N-dealkylation sites (tertiary alicyclic amines) is 2. The van der Waals surface area contributed by atoms with Crippen LogP contribution in [0.1, 0.15) is 31.2 Å². The maximum absolute atomic E-state index is 12.7. The first kappa shape index (κ1) is 18.7. The van der Waals surface area contributed by atoms with Crippen LogP contribution in [-0.2, 0) is 9.59 Å². The highest BCUT2D eigenvalue weighted by Gasteiger charge is 2.39. The van der Waals surface area contributed by atoms with Crippen LogP contribution in [0.4, 0.5) is 6.01 Å². The fourth-order valence-electron chi connectivity index (χ4n) is 4.03. The Hall–Kier alpha value is -2.61. The zero-order valence-electron chi connectivity index (χ0n) is 16.3. The number of aliphatic hydroxyl groups is 1. The third kappa shape index (κ3) is 3.44. The topological polar surface area (TPSA) is 98.9 Å². The molecule has 1 aromatic heterocycles. The van der Waals surface area contributed by atoms with Gasteiger partial charge in [0.2, 0.25) is 11.8 Å². The van der Waals surface area contributed by atoms with Crippen LogP contribution in [0, 0.1) is 6.92 Å². The number of piperidine rings is 1. The smallest absolute Gasteiger partial charge is 0.295 e. The first-order valence-electron chi connectivity index (χ1n) is 9.73. The van der Waals surface area contributed by atoms with Crippen LogP contribution in [0.2, 0.25) is 0 Å². The molecule has 2 aliphatic heterocycles. The monoisotopic (exact) mass is 386 g/mol. The second-order valence-corrected chi connectivity index (χ2v) is 7.90. The highest BCUT2D eigenvalue weighted by Crippen LogP contribution is 2.27. The van der Waals surface area contributed by atoms with E-state index in [4.69, 9.17) is 4.42 Å². The molecule has 8 heteroatoms. The summed E-state index contributed by atoms with van der Waals surface area (Å²) < 4.78 is 5.75. The number of aromatic nitrogens is 1. The molecule has 2 aromatic rings. The molecule has 150 valence electrons. The summed E-state index contributed by atoms with van der Waals surface area (Å²) in [6, 6.07) is 5.81. The van der Waals surface area contributed by atoms with Crippen molar-refractivity contribution in [2.75, 3.05) is 32.0 Å². The number of carbonyl (C=O) groups is 2. The normalized spacial score (nSPS) is 22.1. The zero-order valence-corrected chi connectivity index (χ0v) is 16.3. The van der Waals surface area contributed by atoms with Gasteiger partial charge in [0, 0.05) is 33.1 Å². The van der Waals surface area contributed by atoms with Gasteiger partial charge in [-0.25, -0.2) is 0 Å². The minimum atomic E-state index is -0.927. The van der Waals surface area contributed by atoms with Gasteiger partial charge in [-0.1, -0.05) is 12.1 Å². The third-order valence-electron chi connectivity index (χ3n) is 5.96. The van der Waals surface area contributed by atoms with Crippen LogP contribution in [0.25, 0.3) is 11.1 Å². The maximum atomic E-state index is 12.7. The SMILES string of the molecule is Cc1cccc2nc(NCC3(O)CCN(C(=O)[C@@H]4CCC(=O)N4C)CC3)oc12. The molecule has 0 radical (unpaired) electrons. The number of fused-ring (bicyclic) bond motifs is 1. The Balaban J connectivity index is 1.33. The van der Waals surface area contributed by atoms with Gasteiger partial charge in [0.15, 0.2) is 5.58 Å². The lowest BCUT2D eigenvalue weighted by Gasteiger charge is -2.39. The zero-order chi connectivity index (χ0) is 19.9. The summed E-state index contributed by atoms with van der Waals surface area (Å²) in [4.78, 5) is 32.1. The molecule has 1 atom stereocenters. The number of benzene rings is 1. The molecular formula is C20H26N4O4. The molecule has 0 spiro atoms. The number of carbonyl (C=O) groups excluding carboxylic acids is 2. The number of amides is 2. The molecule has 8 nitrogen and oxygen atoms in total. The van der Waals surface area contributed by atoms with Crippen LogP contribution >= 0.6 is 0 Å². The van der Waals surface area contributed by atoms with E-state index in [1.54, 1.807) is 16.8 Å². The van der Waals surface area contributed by atoms with E-state index < -0.39 is 5.60 Å². The van der Waals surface area contributed by atoms with Crippen molar-refractivity contribution < 1.29 is 19.1 Å². The number of hydrogen-bond donors (Lipinski definition) is 2. The van der Waals surface area contributed by atoms with Gasteiger partial charge in [-0.15, -0.1) is 0 Å². The standard InChI is InChI=1S/C20H26N4O4/c1-13-4-3-5-14-17(13)28-19(22-14)21-12-20(27)8-10-24(11-9-20)18(26)15-6-7-16(25)23(15)2/h3-5,15,27H,6-12H2,1-2H3,(H,21,22)/t15-/m0/s1. The molecule has 3 heterocycles. The minimum Gasteiger partial charge on any atom is -0.423 e. The predicted octanol–water partition coefficient (Wildman–Crippen LogP) is 1.52.